The Bertz CT molecular complexity index is 1970. The molecule has 0 saturated heterocycles. The lowest BCUT2D eigenvalue weighted by atomic mass is 9.94. The first-order valence-electron chi connectivity index (χ1n) is 14.1. The van der Waals surface area contributed by atoms with E-state index < -0.39 is 0 Å². The van der Waals surface area contributed by atoms with Crippen molar-refractivity contribution in [3.05, 3.63) is 144 Å². The van der Waals surface area contributed by atoms with Crippen LogP contribution in [-0.2, 0) is 0 Å². The fourth-order valence-electron chi connectivity index (χ4n) is 6.11. The van der Waals surface area contributed by atoms with Crippen molar-refractivity contribution in [3.8, 4) is 34.0 Å². The van der Waals surface area contributed by atoms with Gasteiger partial charge in [0, 0.05) is 21.9 Å². The molecule has 0 aliphatic heterocycles. The van der Waals surface area contributed by atoms with Crippen molar-refractivity contribution < 1.29 is 0 Å². The Morgan fingerprint density at radius 1 is 0.756 bits per heavy atom. The molecule has 194 valence electrons. The summed E-state index contributed by atoms with van der Waals surface area (Å²) in [7, 11) is 0. The molecule has 0 bridgehead atoms. The lowest BCUT2D eigenvalue weighted by Crippen LogP contribution is -2.01. The number of hydrogen-bond acceptors (Lipinski definition) is 1. The minimum atomic E-state index is 0.666. The molecule has 5 aromatic carbocycles. The van der Waals surface area contributed by atoms with Crippen molar-refractivity contribution in [1.29, 1.82) is 5.26 Å². The maximum atomic E-state index is 9.75. The highest BCUT2D eigenvalue weighted by molar-refractivity contribution is 6.11. The van der Waals surface area contributed by atoms with E-state index in [4.69, 9.17) is 0 Å². The second-order valence-corrected chi connectivity index (χ2v) is 10.8. The Morgan fingerprint density at radius 3 is 2.27 bits per heavy atom. The molecular weight excluding hydrogens is 496 g/mol. The number of rotatable bonds is 4. The summed E-state index contributed by atoms with van der Waals surface area (Å²) in [6.45, 7) is 4.31. The van der Waals surface area contributed by atoms with Crippen LogP contribution in [-0.4, -0.2) is 4.57 Å². The number of nitrogens with zero attached hydrogens (tertiary/aromatic N) is 2. The van der Waals surface area contributed by atoms with Crippen molar-refractivity contribution in [2.45, 2.75) is 26.7 Å². The highest BCUT2D eigenvalue weighted by Crippen LogP contribution is 2.39. The monoisotopic (exact) mass is 524 g/mol. The lowest BCUT2D eigenvalue weighted by molar-refractivity contribution is 1.04. The van der Waals surface area contributed by atoms with E-state index in [0.29, 0.717) is 5.56 Å². The zero-order valence-corrected chi connectivity index (χ0v) is 23.2. The Labute approximate surface area is 241 Å². The Morgan fingerprint density at radius 2 is 1.54 bits per heavy atom. The van der Waals surface area contributed by atoms with Crippen LogP contribution in [0.2, 0.25) is 0 Å². The molecule has 1 aliphatic carbocycles. The standard InChI is InChI=1S/C39H28N2/c1-26-10-6-8-14-32(26)30-17-20-38-35(23-30)36-24-31(33-15-9-7-11-27(33)2)18-21-39(36)41(38)37-19-16-28(25-40)22-34(37)29-12-4-3-5-13-29/h3-4,6-12,14-17,19-20,22-24H,5,13H2,1-2H3. The van der Waals surface area contributed by atoms with Crippen LogP contribution in [0.4, 0.5) is 0 Å². The van der Waals surface area contributed by atoms with Crippen LogP contribution in [0.15, 0.2) is 109 Å². The van der Waals surface area contributed by atoms with Gasteiger partial charge < -0.3 is 4.57 Å². The molecule has 1 aliphatic rings. The molecule has 0 radical (unpaired) electrons. The first kappa shape index (κ1) is 24.7. The Kier molecular flexibility index (Phi) is 6.04. The van der Waals surface area contributed by atoms with Gasteiger partial charge >= 0.3 is 0 Å². The number of fused-ring (bicyclic) bond motifs is 3. The molecule has 0 saturated carbocycles. The molecule has 6 aromatic rings. The molecule has 0 N–H and O–H groups in total. The molecule has 0 amide bonds. The fraction of sp³-hybridized carbons (Fsp3) is 0.103. The van der Waals surface area contributed by atoms with Gasteiger partial charge in [-0.2, -0.15) is 5.26 Å². The summed E-state index contributed by atoms with van der Waals surface area (Å²) < 4.78 is 2.31. The number of benzene rings is 4. The molecule has 2 nitrogen and oxygen atoms in total. The van der Waals surface area contributed by atoms with E-state index in [2.05, 4.69) is 134 Å². The minimum Gasteiger partial charge on any atom is -0.301 e. The van der Waals surface area contributed by atoms with Crippen molar-refractivity contribution in [2.24, 2.45) is 0 Å². The molecule has 1 aromatic heterocycles. The van der Waals surface area contributed by atoms with Gasteiger partial charge in [0.05, 0.1) is 22.8 Å². The zero-order chi connectivity index (χ0) is 27.9. The average Bonchev–Trinajstić information content (AvgIpc) is 3.34. The second-order valence-electron chi connectivity index (χ2n) is 10.8. The lowest BCUT2D eigenvalue weighted by Gasteiger charge is -2.17. The van der Waals surface area contributed by atoms with E-state index in [1.54, 1.807) is 0 Å². The van der Waals surface area contributed by atoms with Crippen molar-refractivity contribution in [1.82, 2.24) is 4.57 Å². The van der Waals surface area contributed by atoms with E-state index in [1.807, 2.05) is 12.1 Å². The SMILES string of the molecule is Cc1ccccc1-c1c#cc2c(c1)c1cc(-c3ccccc3C)ccc1n2-c1ccc(C#N)cc1C1=CC=CCC1. The van der Waals surface area contributed by atoms with E-state index in [1.165, 1.54) is 38.8 Å². The minimum absolute atomic E-state index is 0.666. The summed E-state index contributed by atoms with van der Waals surface area (Å²) in [5.41, 5.74) is 13.3. The molecule has 7 rings (SSSR count). The summed E-state index contributed by atoms with van der Waals surface area (Å²) in [6, 6.07) is 41.5. The van der Waals surface area contributed by atoms with Crippen LogP contribution in [0.3, 0.4) is 0 Å². The Balaban J connectivity index is 1.55. The van der Waals surface area contributed by atoms with Gasteiger partial charge in [0.25, 0.3) is 0 Å². The van der Waals surface area contributed by atoms with Crippen LogP contribution >= 0.6 is 0 Å². The summed E-state index contributed by atoms with van der Waals surface area (Å²) in [6.07, 6.45) is 8.44. The van der Waals surface area contributed by atoms with E-state index in [9.17, 15) is 5.26 Å². The zero-order valence-electron chi connectivity index (χ0n) is 23.2. The normalized spacial score (nSPS) is 12.8. The summed E-state index contributed by atoms with van der Waals surface area (Å²) in [4.78, 5) is 0. The number of aryl methyl sites for hydroxylation is 2. The van der Waals surface area contributed by atoms with Crippen LogP contribution in [0.1, 0.15) is 35.1 Å². The quantitative estimate of drug-likeness (QED) is 0.226. The van der Waals surface area contributed by atoms with Gasteiger partial charge in [0.1, 0.15) is 5.52 Å². The van der Waals surface area contributed by atoms with Crippen molar-refractivity contribution >= 4 is 27.4 Å². The van der Waals surface area contributed by atoms with Crippen LogP contribution in [0.25, 0.3) is 55.3 Å². The number of aromatic nitrogens is 1. The summed E-state index contributed by atoms with van der Waals surface area (Å²) in [5, 5.41) is 12.1. The average molecular weight is 525 g/mol. The molecule has 0 atom stereocenters. The number of nitriles is 1. The van der Waals surface area contributed by atoms with Gasteiger partial charge in [-0.1, -0.05) is 78.9 Å². The maximum Gasteiger partial charge on any atom is 0.105 e. The van der Waals surface area contributed by atoms with Gasteiger partial charge in [-0.25, -0.2) is 0 Å². The van der Waals surface area contributed by atoms with Gasteiger partial charge in [-0.05, 0) is 103 Å². The van der Waals surface area contributed by atoms with Gasteiger partial charge in [0.15, 0.2) is 0 Å². The van der Waals surface area contributed by atoms with Gasteiger partial charge in [0.2, 0.25) is 0 Å². The third-order valence-corrected chi connectivity index (χ3v) is 8.23. The third kappa shape index (κ3) is 4.22. The number of allylic oxidation sites excluding steroid dienone is 4. The third-order valence-electron chi connectivity index (χ3n) is 8.23. The predicted octanol–water partition coefficient (Wildman–Crippen LogP) is 9.94. The highest BCUT2D eigenvalue weighted by atomic mass is 15.0. The smallest absolute Gasteiger partial charge is 0.105 e. The van der Waals surface area contributed by atoms with Gasteiger partial charge in [-0.15, -0.1) is 0 Å². The molecule has 0 spiro atoms. The number of hydrogen-bond donors (Lipinski definition) is 0. The topological polar surface area (TPSA) is 28.7 Å². The van der Waals surface area contributed by atoms with E-state index >= 15 is 0 Å². The Hall–Kier alpha value is -5.31. The van der Waals surface area contributed by atoms with E-state index in [0.717, 1.165) is 46.1 Å². The first-order chi connectivity index (χ1) is 20.1. The predicted molar refractivity (Wildman–Crippen MR) is 170 cm³/mol. The molecule has 1 heterocycles. The molecule has 0 unspecified atom stereocenters. The van der Waals surface area contributed by atoms with Crippen molar-refractivity contribution in [3.63, 3.8) is 0 Å². The second kappa shape index (κ2) is 10.0. The van der Waals surface area contributed by atoms with Gasteiger partial charge in [-0.3, -0.25) is 0 Å². The fourth-order valence-corrected chi connectivity index (χ4v) is 6.11. The molecular formula is C39H28N2. The molecule has 2 heteroatoms. The largest absolute Gasteiger partial charge is 0.301 e. The maximum absolute atomic E-state index is 9.75. The molecule has 41 heavy (non-hydrogen) atoms. The summed E-state index contributed by atoms with van der Waals surface area (Å²) >= 11 is 0. The summed E-state index contributed by atoms with van der Waals surface area (Å²) in [5.74, 6) is 0. The highest BCUT2D eigenvalue weighted by Gasteiger charge is 2.19. The van der Waals surface area contributed by atoms with Crippen molar-refractivity contribution in [2.75, 3.05) is 0 Å². The first-order valence-corrected chi connectivity index (χ1v) is 14.1. The van der Waals surface area contributed by atoms with Crippen LogP contribution in [0, 0.1) is 37.3 Å². The van der Waals surface area contributed by atoms with E-state index in [-0.39, 0.29) is 0 Å². The molecule has 0 fully saturated rings. The van der Waals surface area contributed by atoms with Crippen LogP contribution in [0.5, 0.6) is 0 Å². The van der Waals surface area contributed by atoms with Crippen LogP contribution < -0.4 is 0 Å².